The molecule has 1 fully saturated rings. The Kier molecular flexibility index (Phi) is 5.17. The van der Waals surface area contributed by atoms with Gasteiger partial charge in [0.25, 0.3) is 0 Å². The van der Waals surface area contributed by atoms with Crippen LogP contribution in [0, 0.1) is 5.92 Å². The lowest BCUT2D eigenvalue weighted by molar-refractivity contribution is 0.125. The van der Waals surface area contributed by atoms with Crippen LogP contribution in [0.2, 0.25) is 0 Å². The number of para-hydroxylation sites is 1. The normalized spacial score (nSPS) is 24.3. The van der Waals surface area contributed by atoms with Crippen LogP contribution in [0.15, 0.2) is 59.8 Å². The molecule has 2 aromatic carbocycles. The van der Waals surface area contributed by atoms with E-state index in [9.17, 15) is 0 Å². The van der Waals surface area contributed by atoms with Crippen molar-refractivity contribution in [3.05, 3.63) is 65.7 Å². The Morgan fingerprint density at radius 3 is 2.59 bits per heavy atom. The first-order valence-electron chi connectivity index (χ1n) is 10.0. The van der Waals surface area contributed by atoms with Gasteiger partial charge < -0.3 is 14.5 Å². The van der Waals surface area contributed by atoms with E-state index < -0.39 is 0 Å². The molecule has 0 bridgehead atoms. The number of nitrogens with zero attached hydrogens (tertiary/aromatic N) is 2. The smallest absolute Gasteiger partial charge is 0.143 e. The molecule has 1 heterocycles. The number of hydrogen-bond acceptors (Lipinski definition) is 4. The third-order valence-electron chi connectivity index (χ3n) is 5.73. The highest BCUT2D eigenvalue weighted by Crippen LogP contribution is 2.60. The van der Waals surface area contributed by atoms with Gasteiger partial charge in [0, 0.05) is 18.5 Å². The predicted molar refractivity (Wildman–Crippen MR) is 108 cm³/mol. The maximum Gasteiger partial charge on any atom is 0.143 e. The highest BCUT2D eigenvalue weighted by molar-refractivity contribution is 6.08. The molecular formula is C23H28N2O2. The Morgan fingerprint density at radius 1 is 1.07 bits per heavy atom. The molecule has 0 spiro atoms. The van der Waals surface area contributed by atoms with Crippen LogP contribution in [0.3, 0.4) is 0 Å². The summed E-state index contributed by atoms with van der Waals surface area (Å²) >= 11 is 0. The summed E-state index contributed by atoms with van der Waals surface area (Å²) in [5, 5.41) is 4.58. The van der Waals surface area contributed by atoms with E-state index in [4.69, 9.17) is 9.57 Å². The topological polar surface area (TPSA) is 34.1 Å². The Hall–Kier alpha value is -2.33. The molecule has 0 amide bonds. The van der Waals surface area contributed by atoms with E-state index in [1.807, 2.05) is 24.3 Å². The maximum atomic E-state index is 6.45. The van der Waals surface area contributed by atoms with Crippen LogP contribution < -0.4 is 4.74 Å². The monoisotopic (exact) mass is 364 g/mol. The van der Waals surface area contributed by atoms with Gasteiger partial charge in [-0.2, -0.15) is 0 Å². The van der Waals surface area contributed by atoms with Gasteiger partial charge in [-0.15, -0.1) is 0 Å². The Labute approximate surface area is 161 Å². The fourth-order valence-electron chi connectivity index (χ4n) is 4.04. The second-order valence-electron chi connectivity index (χ2n) is 7.30. The van der Waals surface area contributed by atoms with E-state index in [1.165, 1.54) is 5.56 Å². The van der Waals surface area contributed by atoms with Gasteiger partial charge in [0.2, 0.25) is 0 Å². The molecule has 2 unspecified atom stereocenters. The van der Waals surface area contributed by atoms with Gasteiger partial charge in [0.15, 0.2) is 0 Å². The first-order chi connectivity index (χ1) is 13.3. The number of ether oxygens (including phenoxy) is 1. The Morgan fingerprint density at radius 2 is 1.81 bits per heavy atom. The van der Waals surface area contributed by atoms with E-state index in [0.717, 1.165) is 49.5 Å². The van der Waals surface area contributed by atoms with Crippen molar-refractivity contribution in [3.63, 3.8) is 0 Å². The number of benzene rings is 2. The molecule has 1 saturated carbocycles. The third kappa shape index (κ3) is 3.46. The zero-order valence-corrected chi connectivity index (χ0v) is 16.2. The Bertz CT molecular complexity index is 801. The van der Waals surface area contributed by atoms with Crippen molar-refractivity contribution in [3.8, 4) is 5.75 Å². The minimum Gasteiger partial charge on any atom is -0.481 e. The molecule has 1 aliphatic carbocycles. The lowest BCUT2D eigenvalue weighted by Gasteiger charge is -2.27. The van der Waals surface area contributed by atoms with Crippen molar-refractivity contribution < 1.29 is 9.57 Å². The molecule has 2 atom stereocenters. The summed E-state index contributed by atoms with van der Waals surface area (Å²) in [5.74, 6) is 1.16. The largest absolute Gasteiger partial charge is 0.481 e. The van der Waals surface area contributed by atoms with Crippen LogP contribution in [0.1, 0.15) is 37.8 Å². The van der Waals surface area contributed by atoms with Gasteiger partial charge in [-0.25, -0.2) is 0 Å². The van der Waals surface area contributed by atoms with Crippen LogP contribution in [0.25, 0.3) is 0 Å². The SMILES string of the molecule is CCN(CC)CCCON=C1c2ccccc2OC2(c3ccccc3)CC12. The van der Waals surface area contributed by atoms with Gasteiger partial charge in [-0.3, -0.25) is 0 Å². The average Bonchev–Trinajstić information content (AvgIpc) is 3.46. The molecule has 0 radical (unpaired) electrons. The summed E-state index contributed by atoms with van der Waals surface area (Å²) in [4.78, 5) is 8.16. The fourth-order valence-corrected chi connectivity index (χ4v) is 4.04. The van der Waals surface area contributed by atoms with Crippen LogP contribution in [-0.4, -0.2) is 36.9 Å². The highest BCUT2D eigenvalue weighted by atomic mass is 16.6. The van der Waals surface area contributed by atoms with Crippen LogP contribution >= 0.6 is 0 Å². The fraction of sp³-hybridized carbons (Fsp3) is 0.435. The van der Waals surface area contributed by atoms with Gasteiger partial charge >= 0.3 is 0 Å². The number of fused-ring (bicyclic) bond motifs is 2. The first kappa shape index (κ1) is 18.1. The van der Waals surface area contributed by atoms with Crippen LogP contribution in [0.4, 0.5) is 0 Å². The second-order valence-corrected chi connectivity index (χ2v) is 7.30. The summed E-state index contributed by atoms with van der Waals surface area (Å²) in [6.45, 7) is 8.25. The zero-order chi connectivity index (χ0) is 18.7. The number of hydrogen-bond donors (Lipinski definition) is 0. The van der Waals surface area contributed by atoms with Gasteiger partial charge in [-0.05, 0) is 37.2 Å². The van der Waals surface area contributed by atoms with E-state index in [-0.39, 0.29) is 11.5 Å². The first-order valence-corrected chi connectivity index (χ1v) is 10.0. The molecule has 0 N–H and O–H groups in total. The summed E-state index contributed by atoms with van der Waals surface area (Å²) < 4.78 is 6.45. The van der Waals surface area contributed by atoms with Crippen molar-refractivity contribution in [2.24, 2.45) is 11.1 Å². The summed E-state index contributed by atoms with van der Waals surface area (Å²) in [6, 6.07) is 18.7. The summed E-state index contributed by atoms with van der Waals surface area (Å²) in [7, 11) is 0. The van der Waals surface area contributed by atoms with Gasteiger partial charge in [0.05, 0.1) is 11.6 Å². The van der Waals surface area contributed by atoms with Crippen molar-refractivity contribution in [2.75, 3.05) is 26.2 Å². The average molecular weight is 364 g/mol. The molecule has 0 saturated heterocycles. The zero-order valence-electron chi connectivity index (χ0n) is 16.2. The van der Waals surface area contributed by atoms with E-state index in [1.54, 1.807) is 0 Å². The minimum atomic E-state index is -0.279. The van der Waals surface area contributed by atoms with E-state index in [0.29, 0.717) is 6.61 Å². The predicted octanol–water partition coefficient (Wildman–Crippen LogP) is 4.45. The van der Waals surface area contributed by atoms with Crippen LogP contribution in [0.5, 0.6) is 5.75 Å². The van der Waals surface area contributed by atoms with Crippen molar-refractivity contribution in [1.82, 2.24) is 4.90 Å². The molecule has 2 aliphatic rings. The van der Waals surface area contributed by atoms with Crippen molar-refractivity contribution in [2.45, 2.75) is 32.3 Å². The van der Waals surface area contributed by atoms with Gasteiger partial charge in [0.1, 0.15) is 18.0 Å². The van der Waals surface area contributed by atoms with Crippen LogP contribution in [-0.2, 0) is 10.4 Å². The Balaban J connectivity index is 1.50. The number of rotatable bonds is 8. The molecule has 1 aliphatic heterocycles. The standard InChI is InChI=1S/C23H28N2O2/c1-3-25(4-2)15-10-16-26-24-22-19-13-8-9-14-21(19)27-23(17-20(22)23)18-11-6-5-7-12-18/h5-9,11-14,20H,3-4,10,15-17H2,1-2H3. The maximum absolute atomic E-state index is 6.45. The molecule has 2 aromatic rings. The van der Waals surface area contributed by atoms with E-state index in [2.05, 4.69) is 54.2 Å². The molecule has 0 aromatic heterocycles. The third-order valence-corrected chi connectivity index (χ3v) is 5.73. The lowest BCUT2D eigenvalue weighted by atomic mass is 9.96. The quantitative estimate of drug-likeness (QED) is 0.513. The second kappa shape index (κ2) is 7.73. The minimum absolute atomic E-state index is 0.262. The molecule has 4 nitrogen and oxygen atoms in total. The summed E-state index contributed by atoms with van der Waals surface area (Å²) in [5.41, 5.74) is 3.04. The summed E-state index contributed by atoms with van der Waals surface area (Å²) in [6.07, 6.45) is 1.94. The van der Waals surface area contributed by atoms with Crippen molar-refractivity contribution in [1.29, 1.82) is 0 Å². The molecular weight excluding hydrogens is 336 g/mol. The highest BCUT2D eigenvalue weighted by Gasteiger charge is 2.64. The van der Waals surface area contributed by atoms with E-state index >= 15 is 0 Å². The van der Waals surface area contributed by atoms with Crippen molar-refractivity contribution >= 4 is 5.71 Å². The lowest BCUT2D eigenvalue weighted by Crippen LogP contribution is -2.28. The molecule has 4 rings (SSSR count). The molecule has 4 heteroatoms. The molecule has 142 valence electrons. The van der Waals surface area contributed by atoms with Gasteiger partial charge in [-0.1, -0.05) is 61.5 Å². The number of oxime groups is 1. The molecule has 27 heavy (non-hydrogen) atoms.